The van der Waals surface area contributed by atoms with Crippen molar-refractivity contribution in [3.63, 3.8) is 0 Å². The van der Waals surface area contributed by atoms with Crippen LogP contribution in [0.3, 0.4) is 0 Å². The Kier molecular flexibility index (Phi) is 6.52. The number of ether oxygens (including phenoxy) is 1. The third-order valence-corrected chi connectivity index (χ3v) is 3.03. The summed E-state index contributed by atoms with van der Waals surface area (Å²) in [5.74, 6) is 0.902. The van der Waals surface area contributed by atoms with Gasteiger partial charge in [-0.1, -0.05) is 12.1 Å². The van der Waals surface area contributed by atoms with Crippen LogP contribution in [0.25, 0.3) is 0 Å². The number of carbonyl (C=O) groups is 1. The number of nitrogens with two attached hydrogens (primary N) is 1. The second-order valence-corrected chi connectivity index (χ2v) is 5.29. The van der Waals surface area contributed by atoms with E-state index in [0.717, 1.165) is 23.3 Å². The molecule has 0 fully saturated rings. The first-order valence-electron chi connectivity index (χ1n) is 7.19. The van der Waals surface area contributed by atoms with Gasteiger partial charge in [-0.25, -0.2) is 0 Å². The summed E-state index contributed by atoms with van der Waals surface area (Å²) >= 11 is 0. The summed E-state index contributed by atoms with van der Waals surface area (Å²) in [5, 5.41) is 2.76. The van der Waals surface area contributed by atoms with Crippen molar-refractivity contribution in [2.24, 2.45) is 5.73 Å². The van der Waals surface area contributed by atoms with Gasteiger partial charge in [0.1, 0.15) is 5.75 Å². The maximum atomic E-state index is 11.4. The molecule has 20 heavy (non-hydrogen) atoms. The first kappa shape index (κ1) is 16.5. The zero-order valence-electron chi connectivity index (χ0n) is 13.0. The molecule has 0 radical (unpaired) electrons. The van der Waals surface area contributed by atoms with Crippen molar-refractivity contribution in [1.82, 2.24) is 5.32 Å². The Labute approximate surface area is 121 Å². The summed E-state index contributed by atoms with van der Waals surface area (Å²) in [6.45, 7) is 9.02. The lowest BCUT2D eigenvalue weighted by molar-refractivity contribution is -0.121. The predicted molar refractivity (Wildman–Crippen MR) is 82.1 cm³/mol. The lowest BCUT2D eigenvalue weighted by Gasteiger charge is -2.15. The molecule has 1 aromatic carbocycles. The van der Waals surface area contributed by atoms with Gasteiger partial charge in [-0.05, 0) is 50.8 Å². The molecule has 0 aromatic heterocycles. The molecule has 3 N–H and O–H groups in total. The number of hydrogen-bond acceptors (Lipinski definition) is 3. The smallest absolute Gasteiger partial charge is 0.223 e. The molecule has 0 aliphatic rings. The van der Waals surface area contributed by atoms with Crippen LogP contribution in [-0.2, 0) is 11.2 Å². The highest BCUT2D eigenvalue weighted by molar-refractivity contribution is 5.75. The van der Waals surface area contributed by atoms with Crippen molar-refractivity contribution in [3.8, 4) is 5.75 Å². The molecule has 0 bridgehead atoms. The maximum Gasteiger partial charge on any atom is 0.223 e. The van der Waals surface area contributed by atoms with E-state index in [9.17, 15) is 4.79 Å². The van der Waals surface area contributed by atoms with Crippen LogP contribution < -0.4 is 15.8 Å². The van der Waals surface area contributed by atoms with Crippen molar-refractivity contribution < 1.29 is 9.53 Å². The van der Waals surface area contributed by atoms with Gasteiger partial charge in [0.05, 0.1) is 13.0 Å². The van der Waals surface area contributed by atoms with Crippen LogP contribution in [0.15, 0.2) is 12.1 Å². The van der Waals surface area contributed by atoms with Crippen LogP contribution in [0.4, 0.5) is 0 Å². The molecule has 112 valence electrons. The molecule has 0 spiro atoms. The zero-order valence-corrected chi connectivity index (χ0v) is 13.0. The van der Waals surface area contributed by atoms with Gasteiger partial charge < -0.3 is 15.8 Å². The Hall–Kier alpha value is -1.55. The van der Waals surface area contributed by atoms with Gasteiger partial charge in [0.15, 0.2) is 0 Å². The quantitative estimate of drug-likeness (QED) is 0.803. The van der Waals surface area contributed by atoms with E-state index < -0.39 is 0 Å². The number of benzene rings is 1. The van der Waals surface area contributed by atoms with E-state index in [4.69, 9.17) is 10.5 Å². The average molecular weight is 278 g/mol. The highest BCUT2D eigenvalue weighted by Gasteiger charge is 2.09. The fraction of sp³-hybridized carbons (Fsp3) is 0.562. The third kappa shape index (κ3) is 5.21. The summed E-state index contributed by atoms with van der Waals surface area (Å²) in [6, 6.07) is 4.37. The summed E-state index contributed by atoms with van der Waals surface area (Å²) in [4.78, 5) is 11.4. The fourth-order valence-electron chi connectivity index (χ4n) is 2.29. The molecular weight excluding hydrogens is 252 g/mol. The average Bonchev–Trinajstić information content (AvgIpc) is 2.32. The Bertz CT molecular complexity index is 433. The van der Waals surface area contributed by atoms with E-state index in [-0.39, 0.29) is 11.9 Å². The van der Waals surface area contributed by atoms with Crippen LogP contribution in [0, 0.1) is 13.8 Å². The first-order valence-corrected chi connectivity index (χ1v) is 7.19. The van der Waals surface area contributed by atoms with Crippen molar-refractivity contribution >= 4 is 5.91 Å². The van der Waals surface area contributed by atoms with Gasteiger partial charge in [-0.3, -0.25) is 4.79 Å². The Morgan fingerprint density at radius 1 is 1.35 bits per heavy atom. The predicted octanol–water partition coefficient (Wildman–Crippen LogP) is 2.10. The van der Waals surface area contributed by atoms with Gasteiger partial charge in [0.25, 0.3) is 0 Å². The number of amides is 1. The highest BCUT2D eigenvalue weighted by Crippen LogP contribution is 2.25. The highest BCUT2D eigenvalue weighted by atomic mass is 16.5. The molecule has 4 nitrogen and oxygen atoms in total. The zero-order chi connectivity index (χ0) is 15.1. The molecular formula is C16H26N2O2. The molecule has 1 rings (SSSR count). The molecule has 0 saturated carbocycles. The summed E-state index contributed by atoms with van der Waals surface area (Å²) in [6.07, 6.45) is 1.25. The van der Waals surface area contributed by atoms with E-state index in [1.807, 2.05) is 27.7 Å². The summed E-state index contributed by atoms with van der Waals surface area (Å²) < 4.78 is 5.75. The number of rotatable bonds is 7. The topological polar surface area (TPSA) is 64.3 Å². The molecule has 4 heteroatoms. The van der Waals surface area contributed by atoms with Crippen LogP contribution in [-0.4, -0.2) is 25.1 Å². The number of hydrogen-bond donors (Lipinski definition) is 2. The fourth-order valence-corrected chi connectivity index (χ4v) is 2.29. The van der Waals surface area contributed by atoms with E-state index in [1.165, 1.54) is 5.56 Å². The molecule has 1 aromatic rings. The lowest BCUT2D eigenvalue weighted by Crippen LogP contribution is -2.24. The van der Waals surface area contributed by atoms with Crippen LogP contribution in [0.2, 0.25) is 0 Å². The minimum atomic E-state index is 0.0244. The van der Waals surface area contributed by atoms with E-state index >= 15 is 0 Å². The molecule has 0 aliphatic carbocycles. The van der Waals surface area contributed by atoms with Crippen molar-refractivity contribution in [2.75, 3.05) is 13.2 Å². The molecule has 1 amide bonds. The molecule has 1 unspecified atom stereocenters. The third-order valence-electron chi connectivity index (χ3n) is 3.03. The minimum Gasteiger partial charge on any atom is -0.493 e. The van der Waals surface area contributed by atoms with Crippen molar-refractivity contribution in [2.45, 2.75) is 46.6 Å². The normalized spacial score (nSPS) is 12.1. The van der Waals surface area contributed by atoms with Crippen LogP contribution >= 0.6 is 0 Å². The maximum absolute atomic E-state index is 11.4. The minimum absolute atomic E-state index is 0.0244. The largest absolute Gasteiger partial charge is 0.493 e. The SMILES string of the molecule is CCNC(=O)CCOc1c(C)cc(CC(C)N)cc1C. The molecule has 0 saturated heterocycles. The van der Waals surface area contributed by atoms with Gasteiger partial charge in [0, 0.05) is 12.6 Å². The standard InChI is InChI=1S/C16H26N2O2/c1-5-18-15(19)6-7-20-16-11(2)8-14(9-12(16)3)10-13(4)17/h8-9,13H,5-7,10,17H2,1-4H3,(H,18,19). The second-order valence-electron chi connectivity index (χ2n) is 5.29. The molecule has 1 atom stereocenters. The summed E-state index contributed by atoms with van der Waals surface area (Å²) in [7, 11) is 0. The van der Waals surface area contributed by atoms with Crippen LogP contribution in [0.5, 0.6) is 5.75 Å². The van der Waals surface area contributed by atoms with E-state index in [2.05, 4.69) is 17.4 Å². The van der Waals surface area contributed by atoms with E-state index in [1.54, 1.807) is 0 Å². The lowest BCUT2D eigenvalue weighted by atomic mass is 10.0. The van der Waals surface area contributed by atoms with Gasteiger partial charge in [-0.15, -0.1) is 0 Å². The number of carbonyl (C=O) groups excluding carboxylic acids is 1. The van der Waals surface area contributed by atoms with E-state index in [0.29, 0.717) is 19.6 Å². The molecule has 0 aliphatic heterocycles. The number of aryl methyl sites for hydroxylation is 2. The monoisotopic (exact) mass is 278 g/mol. The van der Waals surface area contributed by atoms with Crippen molar-refractivity contribution in [3.05, 3.63) is 28.8 Å². The first-order chi connectivity index (χ1) is 9.43. The van der Waals surface area contributed by atoms with Crippen LogP contribution in [0.1, 0.15) is 37.0 Å². The van der Waals surface area contributed by atoms with Gasteiger partial charge in [-0.2, -0.15) is 0 Å². The summed E-state index contributed by atoms with van der Waals surface area (Å²) in [5.41, 5.74) is 9.24. The molecule has 0 heterocycles. The van der Waals surface area contributed by atoms with Gasteiger partial charge >= 0.3 is 0 Å². The van der Waals surface area contributed by atoms with Crippen molar-refractivity contribution in [1.29, 1.82) is 0 Å². The Balaban J connectivity index is 2.64. The second kappa shape index (κ2) is 7.90. The number of nitrogens with one attached hydrogen (secondary N) is 1. The Morgan fingerprint density at radius 3 is 2.45 bits per heavy atom. The Morgan fingerprint density at radius 2 is 1.95 bits per heavy atom. The van der Waals surface area contributed by atoms with Gasteiger partial charge in [0.2, 0.25) is 5.91 Å².